The summed E-state index contributed by atoms with van der Waals surface area (Å²) in [5.41, 5.74) is 3.06. The van der Waals surface area contributed by atoms with Gasteiger partial charge in [0.05, 0.1) is 29.5 Å². The molecule has 0 bridgehead atoms. The molecule has 6 heteroatoms. The Bertz CT molecular complexity index is 663. The summed E-state index contributed by atoms with van der Waals surface area (Å²) in [7, 11) is 1.86. The first-order valence-corrected chi connectivity index (χ1v) is 7.17. The van der Waals surface area contributed by atoms with Crippen LogP contribution in [-0.4, -0.2) is 27.9 Å². The molecule has 3 heterocycles. The third kappa shape index (κ3) is 2.97. The van der Waals surface area contributed by atoms with E-state index in [2.05, 4.69) is 26.4 Å². The van der Waals surface area contributed by atoms with Crippen LogP contribution in [0.4, 0.5) is 17.1 Å². The second kappa shape index (κ2) is 5.83. The van der Waals surface area contributed by atoms with Gasteiger partial charge in [0, 0.05) is 26.3 Å². The van der Waals surface area contributed by atoms with E-state index in [1.54, 1.807) is 17.1 Å². The quantitative estimate of drug-likeness (QED) is 0.936. The van der Waals surface area contributed by atoms with Gasteiger partial charge in [0.2, 0.25) is 0 Å². The third-order valence-electron chi connectivity index (χ3n) is 3.68. The van der Waals surface area contributed by atoms with Gasteiger partial charge in [0.25, 0.3) is 0 Å². The molecule has 1 N–H and O–H groups in total. The van der Waals surface area contributed by atoms with E-state index in [0.717, 1.165) is 30.2 Å². The zero-order valence-corrected chi connectivity index (χ0v) is 12.1. The van der Waals surface area contributed by atoms with Crippen molar-refractivity contribution in [3.63, 3.8) is 0 Å². The van der Waals surface area contributed by atoms with Gasteiger partial charge in [-0.3, -0.25) is 4.68 Å². The lowest BCUT2D eigenvalue weighted by Crippen LogP contribution is -2.29. The van der Waals surface area contributed by atoms with E-state index in [-0.39, 0.29) is 0 Å². The van der Waals surface area contributed by atoms with Crippen molar-refractivity contribution in [2.75, 3.05) is 23.3 Å². The molecule has 0 aliphatic carbocycles. The van der Waals surface area contributed by atoms with Crippen molar-refractivity contribution in [1.29, 1.82) is 5.26 Å². The van der Waals surface area contributed by atoms with Gasteiger partial charge in [-0.15, -0.1) is 0 Å². The highest BCUT2D eigenvalue weighted by Gasteiger charge is 2.14. The second-order valence-electron chi connectivity index (χ2n) is 5.28. The summed E-state index contributed by atoms with van der Waals surface area (Å²) in [6, 6.07) is 4.14. The van der Waals surface area contributed by atoms with Crippen LogP contribution in [0.2, 0.25) is 0 Å². The second-order valence-corrected chi connectivity index (χ2v) is 5.28. The maximum atomic E-state index is 9.22. The van der Waals surface area contributed by atoms with Crippen molar-refractivity contribution in [3.05, 3.63) is 30.4 Å². The molecule has 1 saturated heterocycles. The maximum Gasteiger partial charge on any atom is 0.164 e. The molecule has 0 aromatic carbocycles. The normalized spacial score (nSPS) is 14.8. The Morgan fingerprint density at radius 3 is 2.71 bits per heavy atom. The van der Waals surface area contributed by atoms with Crippen molar-refractivity contribution in [2.24, 2.45) is 7.05 Å². The molecule has 21 heavy (non-hydrogen) atoms. The Labute approximate surface area is 124 Å². The first-order chi connectivity index (χ1) is 10.3. The lowest BCUT2D eigenvalue weighted by atomic mass is 10.1. The van der Waals surface area contributed by atoms with E-state index in [1.807, 2.05) is 19.3 Å². The fourth-order valence-corrected chi connectivity index (χ4v) is 2.60. The Hall–Kier alpha value is -2.55. The number of pyridine rings is 1. The number of rotatable bonds is 3. The number of hydrogen-bond acceptors (Lipinski definition) is 5. The summed E-state index contributed by atoms with van der Waals surface area (Å²) in [5.74, 6) is 0. The molecule has 6 nitrogen and oxygen atoms in total. The molecule has 1 aliphatic rings. The molecule has 0 saturated carbocycles. The summed E-state index contributed by atoms with van der Waals surface area (Å²) < 4.78 is 1.72. The van der Waals surface area contributed by atoms with Crippen molar-refractivity contribution < 1.29 is 0 Å². The van der Waals surface area contributed by atoms with Crippen LogP contribution in [0.1, 0.15) is 25.0 Å². The molecule has 0 amide bonds. The molecule has 3 rings (SSSR count). The van der Waals surface area contributed by atoms with Crippen LogP contribution in [0.25, 0.3) is 0 Å². The first-order valence-electron chi connectivity index (χ1n) is 7.17. The number of nitrogens with zero attached hydrogens (tertiary/aromatic N) is 5. The smallest absolute Gasteiger partial charge is 0.164 e. The Morgan fingerprint density at radius 1 is 1.24 bits per heavy atom. The SMILES string of the molecule is Cn1cc(Nc2cc(N3CCCCC3)cnc2C#N)cn1. The predicted molar refractivity (Wildman–Crippen MR) is 81.5 cm³/mol. The summed E-state index contributed by atoms with van der Waals surface area (Å²) >= 11 is 0. The highest BCUT2D eigenvalue weighted by molar-refractivity contribution is 5.68. The molecule has 0 unspecified atom stereocenters. The zero-order valence-electron chi connectivity index (χ0n) is 12.1. The van der Waals surface area contributed by atoms with Gasteiger partial charge >= 0.3 is 0 Å². The number of anilines is 3. The average molecular weight is 282 g/mol. The summed E-state index contributed by atoms with van der Waals surface area (Å²) in [4.78, 5) is 6.61. The molecule has 108 valence electrons. The zero-order chi connectivity index (χ0) is 14.7. The van der Waals surface area contributed by atoms with E-state index in [9.17, 15) is 5.26 Å². The summed E-state index contributed by atoms with van der Waals surface area (Å²) in [6.45, 7) is 2.11. The maximum absolute atomic E-state index is 9.22. The van der Waals surface area contributed by atoms with Crippen LogP contribution >= 0.6 is 0 Å². The number of hydrogen-bond donors (Lipinski definition) is 1. The molecule has 1 aliphatic heterocycles. The number of aromatic nitrogens is 3. The average Bonchev–Trinajstić information content (AvgIpc) is 2.93. The standard InChI is InChI=1S/C15H18N6/c1-20-11-12(9-18-20)19-14-7-13(10-17-15(14)8-16)21-5-3-2-4-6-21/h7,9-11,19H,2-6H2,1H3. The molecule has 0 atom stereocenters. The Balaban J connectivity index is 1.88. The van der Waals surface area contributed by atoms with Gasteiger partial charge in [-0.1, -0.05) is 0 Å². The lowest BCUT2D eigenvalue weighted by Gasteiger charge is -2.28. The van der Waals surface area contributed by atoms with Crippen molar-refractivity contribution in [2.45, 2.75) is 19.3 Å². The molecule has 2 aromatic heterocycles. The van der Waals surface area contributed by atoms with E-state index in [1.165, 1.54) is 19.3 Å². The fourth-order valence-electron chi connectivity index (χ4n) is 2.60. The van der Waals surface area contributed by atoms with Gasteiger partial charge in [-0.05, 0) is 25.3 Å². The highest BCUT2D eigenvalue weighted by atomic mass is 15.3. The highest BCUT2D eigenvalue weighted by Crippen LogP contribution is 2.26. The molecule has 0 spiro atoms. The van der Waals surface area contributed by atoms with Gasteiger partial charge in [-0.2, -0.15) is 10.4 Å². The van der Waals surface area contributed by atoms with E-state index in [0.29, 0.717) is 5.69 Å². The van der Waals surface area contributed by atoms with Crippen LogP contribution in [0.3, 0.4) is 0 Å². The van der Waals surface area contributed by atoms with Crippen molar-refractivity contribution in [1.82, 2.24) is 14.8 Å². The fraction of sp³-hybridized carbons (Fsp3) is 0.400. The largest absolute Gasteiger partial charge is 0.370 e. The number of nitriles is 1. The minimum atomic E-state index is 0.402. The minimum Gasteiger partial charge on any atom is -0.370 e. The third-order valence-corrected chi connectivity index (χ3v) is 3.68. The molecule has 2 aromatic rings. The van der Waals surface area contributed by atoms with Gasteiger partial charge in [0.1, 0.15) is 6.07 Å². The van der Waals surface area contributed by atoms with Crippen molar-refractivity contribution in [3.8, 4) is 6.07 Å². The molecule has 1 fully saturated rings. The van der Waals surface area contributed by atoms with E-state index >= 15 is 0 Å². The van der Waals surface area contributed by atoms with Gasteiger partial charge < -0.3 is 10.2 Å². The first kappa shape index (κ1) is 13.4. The topological polar surface area (TPSA) is 69.8 Å². The van der Waals surface area contributed by atoms with Crippen LogP contribution in [-0.2, 0) is 7.05 Å². The van der Waals surface area contributed by atoms with Gasteiger partial charge in [-0.25, -0.2) is 4.98 Å². The molecular weight excluding hydrogens is 264 g/mol. The van der Waals surface area contributed by atoms with Gasteiger partial charge in [0.15, 0.2) is 5.69 Å². The Morgan fingerprint density at radius 2 is 2.05 bits per heavy atom. The number of nitrogens with one attached hydrogen (secondary N) is 1. The molecular formula is C15H18N6. The van der Waals surface area contributed by atoms with Crippen LogP contribution in [0.5, 0.6) is 0 Å². The van der Waals surface area contributed by atoms with Crippen LogP contribution in [0, 0.1) is 11.3 Å². The van der Waals surface area contributed by atoms with E-state index < -0.39 is 0 Å². The van der Waals surface area contributed by atoms with E-state index in [4.69, 9.17) is 0 Å². The monoisotopic (exact) mass is 282 g/mol. The lowest BCUT2D eigenvalue weighted by molar-refractivity contribution is 0.577. The summed E-state index contributed by atoms with van der Waals surface area (Å²) in [5, 5.41) is 16.6. The van der Waals surface area contributed by atoms with Crippen LogP contribution in [0.15, 0.2) is 24.7 Å². The summed E-state index contributed by atoms with van der Waals surface area (Å²) in [6.07, 6.45) is 9.11. The van der Waals surface area contributed by atoms with Crippen LogP contribution < -0.4 is 10.2 Å². The Kier molecular flexibility index (Phi) is 3.73. The van der Waals surface area contributed by atoms with Crippen molar-refractivity contribution >= 4 is 17.1 Å². The minimum absolute atomic E-state index is 0.402. The molecule has 0 radical (unpaired) electrons. The number of aryl methyl sites for hydroxylation is 1. The predicted octanol–water partition coefficient (Wildman–Crippen LogP) is 2.42. The number of piperidine rings is 1.